The van der Waals surface area contributed by atoms with Gasteiger partial charge in [0.1, 0.15) is 5.82 Å². The van der Waals surface area contributed by atoms with Crippen LogP contribution < -0.4 is 10.2 Å². The van der Waals surface area contributed by atoms with E-state index in [1.165, 1.54) is 12.8 Å². The topological polar surface area (TPSA) is 24.5 Å². The SMILES string of the molecule is CNC(C)c1cccc(F)c1N(CCOC)C(C)C1CC1. The van der Waals surface area contributed by atoms with Crippen molar-refractivity contribution in [3.63, 3.8) is 0 Å². The van der Waals surface area contributed by atoms with E-state index < -0.39 is 0 Å². The maximum absolute atomic E-state index is 14.6. The van der Waals surface area contributed by atoms with Crippen molar-refractivity contribution in [1.82, 2.24) is 5.32 Å². The summed E-state index contributed by atoms with van der Waals surface area (Å²) in [5.74, 6) is 0.539. The first kappa shape index (κ1) is 16.2. The summed E-state index contributed by atoms with van der Waals surface area (Å²) in [4.78, 5) is 2.19. The molecule has 1 aromatic rings. The van der Waals surface area contributed by atoms with Crippen molar-refractivity contribution in [2.75, 3.05) is 32.2 Å². The smallest absolute Gasteiger partial charge is 0.146 e. The van der Waals surface area contributed by atoms with E-state index in [4.69, 9.17) is 4.74 Å². The number of hydrogen-bond donors (Lipinski definition) is 1. The third kappa shape index (κ3) is 3.74. The van der Waals surface area contributed by atoms with Crippen LogP contribution in [0, 0.1) is 11.7 Å². The van der Waals surface area contributed by atoms with E-state index in [-0.39, 0.29) is 11.9 Å². The highest BCUT2D eigenvalue weighted by molar-refractivity contribution is 5.57. The molecule has 21 heavy (non-hydrogen) atoms. The third-order valence-electron chi connectivity index (χ3n) is 4.54. The highest BCUT2D eigenvalue weighted by Crippen LogP contribution is 2.39. The Hall–Kier alpha value is -1.13. The van der Waals surface area contributed by atoms with Gasteiger partial charge in [-0.1, -0.05) is 12.1 Å². The monoisotopic (exact) mass is 294 g/mol. The molecule has 0 saturated heterocycles. The van der Waals surface area contributed by atoms with Gasteiger partial charge >= 0.3 is 0 Å². The summed E-state index contributed by atoms with van der Waals surface area (Å²) in [7, 11) is 3.60. The van der Waals surface area contributed by atoms with Crippen LogP contribution in [0.5, 0.6) is 0 Å². The molecule has 2 unspecified atom stereocenters. The number of benzene rings is 1. The van der Waals surface area contributed by atoms with E-state index in [0.717, 1.165) is 17.8 Å². The molecule has 0 spiro atoms. The molecule has 0 heterocycles. The molecule has 1 saturated carbocycles. The van der Waals surface area contributed by atoms with Crippen LogP contribution >= 0.6 is 0 Å². The number of anilines is 1. The summed E-state index contributed by atoms with van der Waals surface area (Å²) >= 11 is 0. The predicted octanol–water partition coefficient (Wildman–Crippen LogP) is 3.36. The Kier molecular flexibility index (Phi) is 5.59. The Balaban J connectivity index is 2.37. The summed E-state index contributed by atoms with van der Waals surface area (Å²) in [6.45, 7) is 5.60. The molecule has 0 amide bonds. The van der Waals surface area contributed by atoms with Crippen LogP contribution in [0.1, 0.15) is 38.3 Å². The molecule has 1 N–H and O–H groups in total. The van der Waals surface area contributed by atoms with Crippen molar-refractivity contribution >= 4 is 5.69 Å². The fraction of sp³-hybridized carbons (Fsp3) is 0.647. The Morgan fingerprint density at radius 1 is 1.38 bits per heavy atom. The van der Waals surface area contributed by atoms with Crippen LogP contribution in [0.15, 0.2) is 18.2 Å². The molecule has 2 rings (SSSR count). The molecule has 3 nitrogen and oxygen atoms in total. The van der Waals surface area contributed by atoms with Crippen LogP contribution in [-0.2, 0) is 4.74 Å². The van der Waals surface area contributed by atoms with Gasteiger partial charge in [0.2, 0.25) is 0 Å². The molecule has 0 aliphatic heterocycles. The van der Waals surface area contributed by atoms with Gasteiger partial charge in [-0.3, -0.25) is 0 Å². The number of nitrogens with one attached hydrogen (secondary N) is 1. The summed E-state index contributed by atoms with van der Waals surface area (Å²) in [5, 5.41) is 3.22. The minimum atomic E-state index is -0.141. The van der Waals surface area contributed by atoms with Crippen LogP contribution in [-0.4, -0.2) is 33.4 Å². The van der Waals surface area contributed by atoms with E-state index in [9.17, 15) is 4.39 Å². The lowest BCUT2D eigenvalue weighted by Gasteiger charge is -2.34. The van der Waals surface area contributed by atoms with Crippen molar-refractivity contribution in [2.24, 2.45) is 5.92 Å². The van der Waals surface area contributed by atoms with Gasteiger partial charge in [0.25, 0.3) is 0 Å². The van der Waals surface area contributed by atoms with Gasteiger partial charge in [0, 0.05) is 25.7 Å². The standard InChI is InChI=1S/C17H27FN2O/c1-12(19-3)15-6-5-7-16(18)17(15)20(10-11-21-4)13(2)14-8-9-14/h5-7,12-14,19H,8-11H2,1-4H3. The van der Waals surface area contributed by atoms with E-state index in [0.29, 0.717) is 18.6 Å². The van der Waals surface area contributed by atoms with Crippen molar-refractivity contribution < 1.29 is 9.13 Å². The lowest BCUT2D eigenvalue weighted by molar-refractivity contribution is 0.202. The van der Waals surface area contributed by atoms with Gasteiger partial charge in [0.15, 0.2) is 0 Å². The average Bonchev–Trinajstić information content (AvgIpc) is 3.32. The number of halogens is 1. The lowest BCUT2D eigenvalue weighted by Crippen LogP contribution is -2.39. The zero-order valence-electron chi connectivity index (χ0n) is 13.5. The molecule has 2 atom stereocenters. The molecule has 0 aromatic heterocycles. The summed E-state index contributed by atoms with van der Waals surface area (Å²) in [5.41, 5.74) is 1.75. The lowest BCUT2D eigenvalue weighted by atomic mass is 10.0. The summed E-state index contributed by atoms with van der Waals surface area (Å²) < 4.78 is 19.8. The first-order chi connectivity index (χ1) is 10.1. The van der Waals surface area contributed by atoms with E-state index >= 15 is 0 Å². The molecular weight excluding hydrogens is 267 g/mol. The highest BCUT2D eigenvalue weighted by atomic mass is 19.1. The zero-order chi connectivity index (χ0) is 15.4. The van der Waals surface area contributed by atoms with Crippen LogP contribution in [0.2, 0.25) is 0 Å². The van der Waals surface area contributed by atoms with Crippen LogP contribution in [0.3, 0.4) is 0 Å². The number of hydrogen-bond acceptors (Lipinski definition) is 3. The average molecular weight is 294 g/mol. The molecule has 118 valence electrons. The number of ether oxygens (including phenoxy) is 1. The minimum absolute atomic E-state index is 0.118. The van der Waals surface area contributed by atoms with Crippen LogP contribution in [0.25, 0.3) is 0 Å². The Morgan fingerprint density at radius 2 is 2.10 bits per heavy atom. The second-order valence-electron chi connectivity index (χ2n) is 5.95. The van der Waals surface area contributed by atoms with Gasteiger partial charge in [-0.05, 0) is 51.3 Å². The van der Waals surface area contributed by atoms with E-state index in [1.54, 1.807) is 19.2 Å². The molecule has 0 bridgehead atoms. The largest absolute Gasteiger partial charge is 0.383 e. The van der Waals surface area contributed by atoms with Gasteiger partial charge in [-0.15, -0.1) is 0 Å². The number of rotatable bonds is 8. The van der Waals surface area contributed by atoms with Gasteiger partial charge in [-0.2, -0.15) is 0 Å². The molecule has 4 heteroatoms. The Labute approximate surface area is 127 Å². The Morgan fingerprint density at radius 3 is 2.67 bits per heavy atom. The molecule has 0 radical (unpaired) electrons. The normalized spacial score (nSPS) is 17.6. The fourth-order valence-corrected chi connectivity index (χ4v) is 2.88. The first-order valence-corrected chi connectivity index (χ1v) is 7.81. The maximum Gasteiger partial charge on any atom is 0.146 e. The first-order valence-electron chi connectivity index (χ1n) is 7.81. The molecule has 1 aliphatic rings. The third-order valence-corrected chi connectivity index (χ3v) is 4.54. The van der Waals surface area contributed by atoms with E-state index in [1.807, 2.05) is 13.1 Å². The highest BCUT2D eigenvalue weighted by Gasteiger charge is 2.34. The van der Waals surface area contributed by atoms with Crippen molar-refractivity contribution in [3.8, 4) is 0 Å². The number of methoxy groups -OCH3 is 1. The maximum atomic E-state index is 14.6. The van der Waals surface area contributed by atoms with Gasteiger partial charge in [-0.25, -0.2) is 4.39 Å². The van der Waals surface area contributed by atoms with E-state index in [2.05, 4.69) is 24.1 Å². The molecule has 1 aliphatic carbocycles. The minimum Gasteiger partial charge on any atom is -0.383 e. The quantitative estimate of drug-likeness (QED) is 0.795. The number of para-hydroxylation sites is 1. The van der Waals surface area contributed by atoms with Crippen LogP contribution in [0.4, 0.5) is 10.1 Å². The zero-order valence-corrected chi connectivity index (χ0v) is 13.5. The molecule has 1 aromatic carbocycles. The number of nitrogens with zero attached hydrogens (tertiary/aromatic N) is 1. The summed E-state index contributed by atoms with van der Waals surface area (Å²) in [6, 6.07) is 5.82. The van der Waals surface area contributed by atoms with Crippen molar-refractivity contribution in [3.05, 3.63) is 29.6 Å². The van der Waals surface area contributed by atoms with Gasteiger partial charge in [0.05, 0.1) is 12.3 Å². The molecule has 1 fully saturated rings. The second-order valence-corrected chi connectivity index (χ2v) is 5.95. The van der Waals surface area contributed by atoms with Crippen molar-refractivity contribution in [2.45, 2.75) is 38.8 Å². The fourth-order valence-electron chi connectivity index (χ4n) is 2.88. The van der Waals surface area contributed by atoms with Crippen molar-refractivity contribution in [1.29, 1.82) is 0 Å². The Bertz CT molecular complexity index is 462. The molecular formula is C17H27FN2O. The second kappa shape index (κ2) is 7.23. The summed E-state index contributed by atoms with van der Waals surface area (Å²) in [6.07, 6.45) is 2.49. The van der Waals surface area contributed by atoms with Gasteiger partial charge < -0.3 is 15.0 Å². The predicted molar refractivity (Wildman–Crippen MR) is 85.3 cm³/mol.